The molecule has 2 rings (SSSR count). The largest absolute Gasteiger partial charge is 0.352 e. The molecule has 0 aromatic heterocycles. The highest BCUT2D eigenvalue weighted by atomic mass is 35.5. The number of anilines is 1. The first kappa shape index (κ1) is 18.2. The van der Waals surface area contributed by atoms with Gasteiger partial charge in [-0.2, -0.15) is 0 Å². The maximum absolute atomic E-state index is 13.0. The Bertz CT molecular complexity index is 699. The van der Waals surface area contributed by atoms with Gasteiger partial charge in [0.1, 0.15) is 0 Å². The van der Waals surface area contributed by atoms with Gasteiger partial charge in [0.15, 0.2) is 0 Å². The summed E-state index contributed by atoms with van der Waals surface area (Å²) in [7, 11) is -2.94. The fraction of sp³-hybridized carbons (Fsp3) is 0.385. The Morgan fingerprint density at radius 1 is 1.23 bits per heavy atom. The SMILES string of the molecule is COC1(CCl)C(Cl)=C(C)C(Cl)(Cl)S(=O)(=O)N1c1ccccc1. The van der Waals surface area contributed by atoms with Gasteiger partial charge >= 0.3 is 0 Å². The van der Waals surface area contributed by atoms with Crippen molar-refractivity contribution in [2.45, 2.75) is 16.3 Å². The lowest BCUT2D eigenvalue weighted by molar-refractivity contribution is 0.0559. The van der Waals surface area contributed by atoms with Gasteiger partial charge in [0.2, 0.25) is 5.72 Å². The normalized spacial score (nSPS) is 27.1. The zero-order valence-corrected chi connectivity index (χ0v) is 15.5. The van der Waals surface area contributed by atoms with Crippen molar-refractivity contribution in [3.63, 3.8) is 0 Å². The maximum Gasteiger partial charge on any atom is 0.276 e. The van der Waals surface area contributed by atoms with Crippen LogP contribution in [-0.2, 0) is 14.8 Å². The summed E-state index contributed by atoms with van der Waals surface area (Å²) in [5.41, 5.74) is -1.26. The molecule has 9 heteroatoms. The maximum atomic E-state index is 13.0. The summed E-state index contributed by atoms with van der Waals surface area (Å²) >= 11 is 24.5. The molecule has 0 radical (unpaired) electrons. The highest BCUT2D eigenvalue weighted by molar-refractivity contribution is 7.97. The molecule has 1 aromatic rings. The van der Waals surface area contributed by atoms with Gasteiger partial charge in [-0.25, -0.2) is 12.7 Å². The van der Waals surface area contributed by atoms with E-state index in [-0.39, 0.29) is 16.5 Å². The molecule has 0 spiro atoms. The Morgan fingerprint density at radius 3 is 2.23 bits per heavy atom. The van der Waals surface area contributed by atoms with Crippen molar-refractivity contribution in [1.82, 2.24) is 0 Å². The molecule has 1 atom stereocenters. The summed E-state index contributed by atoms with van der Waals surface area (Å²) in [5.74, 6) is -0.238. The third-order valence-electron chi connectivity index (χ3n) is 3.51. The van der Waals surface area contributed by atoms with E-state index >= 15 is 0 Å². The standard InChI is InChI=1S/C13H13Cl4NO3S/c1-9-11(15)12(8-14,21-2)18(10-6-4-3-5-7-10)22(19,20)13(9,16)17/h3-7H,8H2,1-2H3. The minimum absolute atomic E-state index is 0.0358. The van der Waals surface area contributed by atoms with Crippen LogP contribution in [0.3, 0.4) is 0 Å². The van der Waals surface area contributed by atoms with Crippen molar-refractivity contribution in [2.24, 2.45) is 0 Å². The van der Waals surface area contributed by atoms with E-state index in [2.05, 4.69) is 0 Å². The molecule has 0 saturated carbocycles. The Labute approximate surface area is 149 Å². The van der Waals surface area contributed by atoms with Gasteiger partial charge in [-0.1, -0.05) is 53.0 Å². The van der Waals surface area contributed by atoms with E-state index in [1.807, 2.05) is 0 Å². The second-order valence-corrected chi connectivity index (χ2v) is 9.03. The average molecular weight is 405 g/mol. The Balaban J connectivity index is 2.88. The minimum Gasteiger partial charge on any atom is -0.352 e. The number of benzene rings is 1. The fourth-order valence-electron chi connectivity index (χ4n) is 2.26. The lowest BCUT2D eigenvalue weighted by Gasteiger charge is -2.48. The molecule has 4 nitrogen and oxygen atoms in total. The third kappa shape index (κ3) is 2.34. The summed E-state index contributed by atoms with van der Waals surface area (Å²) in [6, 6.07) is 8.23. The highest BCUT2D eigenvalue weighted by Crippen LogP contribution is 2.52. The van der Waals surface area contributed by atoms with Crippen LogP contribution in [0.15, 0.2) is 40.9 Å². The van der Waals surface area contributed by atoms with Crippen LogP contribution in [0.1, 0.15) is 6.92 Å². The number of halogens is 4. The fourth-order valence-corrected chi connectivity index (χ4v) is 5.68. The number of hydrogen-bond acceptors (Lipinski definition) is 3. The van der Waals surface area contributed by atoms with Crippen LogP contribution < -0.4 is 4.31 Å². The topological polar surface area (TPSA) is 46.6 Å². The molecule has 1 aliphatic heterocycles. The number of para-hydroxylation sites is 1. The number of alkyl halides is 3. The number of rotatable bonds is 3. The molecular weight excluding hydrogens is 392 g/mol. The summed E-state index contributed by atoms with van der Waals surface area (Å²) in [6.07, 6.45) is 0. The molecule has 0 saturated heterocycles. The minimum atomic E-state index is -4.26. The van der Waals surface area contributed by atoms with Crippen molar-refractivity contribution >= 4 is 62.1 Å². The number of nitrogens with zero attached hydrogens (tertiary/aromatic N) is 1. The zero-order chi connectivity index (χ0) is 16.8. The lowest BCUT2D eigenvalue weighted by Crippen LogP contribution is -2.63. The number of sulfonamides is 1. The molecule has 1 unspecified atom stereocenters. The second-order valence-electron chi connectivity index (χ2n) is 4.68. The average Bonchev–Trinajstić information content (AvgIpc) is 2.50. The molecule has 0 aliphatic carbocycles. The van der Waals surface area contributed by atoms with Crippen molar-refractivity contribution < 1.29 is 13.2 Å². The van der Waals surface area contributed by atoms with Crippen molar-refractivity contribution in [3.8, 4) is 0 Å². The monoisotopic (exact) mass is 403 g/mol. The van der Waals surface area contributed by atoms with Crippen LogP contribution in [0.2, 0.25) is 0 Å². The molecule has 1 aliphatic rings. The third-order valence-corrected chi connectivity index (χ3v) is 8.13. The summed E-state index contributed by atoms with van der Waals surface area (Å²) in [4.78, 5) is 0. The molecule has 1 aromatic carbocycles. The Kier molecular flexibility index (Phi) is 4.99. The van der Waals surface area contributed by atoms with Gasteiger partial charge in [0.05, 0.1) is 16.6 Å². The van der Waals surface area contributed by atoms with Crippen LogP contribution in [0.4, 0.5) is 5.69 Å². The van der Waals surface area contributed by atoms with E-state index < -0.39 is 19.4 Å². The molecule has 0 fully saturated rings. The quantitative estimate of drug-likeness (QED) is 0.713. The van der Waals surface area contributed by atoms with E-state index in [4.69, 9.17) is 51.1 Å². The first-order valence-electron chi connectivity index (χ1n) is 6.13. The molecule has 122 valence electrons. The lowest BCUT2D eigenvalue weighted by atomic mass is 10.1. The van der Waals surface area contributed by atoms with Gasteiger partial charge < -0.3 is 4.74 Å². The van der Waals surface area contributed by atoms with Crippen LogP contribution in [0.5, 0.6) is 0 Å². The molecule has 22 heavy (non-hydrogen) atoms. The van der Waals surface area contributed by atoms with E-state index in [9.17, 15) is 8.42 Å². The van der Waals surface area contributed by atoms with Crippen molar-refractivity contribution in [1.29, 1.82) is 0 Å². The number of hydrogen-bond donors (Lipinski definition) is 0. The van der Waals surface area contributed by atoms with E-state index in [0.29, 0.717) is 5.69 Å². The predicted molar refractivity (Wildman–Crippen MR) is 91.3 cm³/mol. The van der Waals surface area contributed by atoms with Crippen LogP contribution in [0.25, 0.3) is 0 Å². The van der Waals surface area contributed by atoms with Gasteiger partial charge in [-0.05, 0) is 24.6 Å². The van der Waals surface area contributed by atoms with Crippen LogP contribution >= 0.6 is 46.4 Å². The van der Waals surface area contributed by atoms with Gasteiger partial charge in [-0.3, -0.25) is 0 Å². The van der Waals surface area contributed by atoms with Crippen LogP contribution in [-0.4, -0.2) is 30.8 Å². The first-order chi connectivity index (χ1) is 10.2. The van der Waals surface area contributed by atoms with Crippen LogP contribution in [0, 0.1) is 0 Å². The molecule has 0 amide bonds. The van der Waals surface area contributed by atoms with E-state index in [1.54, 1.807) is 30.3 Å². The van der Waals surface area contributed by atoms with Crippen molar-refractivity contribution in [3.05, 3.63) is 40.9 Å². The zero-order valence-electron chi connectivity index (χ0n) is 11.7. The number of ether oxygens (including phenoxy) is 1. The highest BCUT2D eigenvalue weighted by Gasteiger charge is 2.61. The molecule has 1 heterocycles. The van der Waals surface area contributed by atoms with Gasteiger partial charge in [0.25, 0.3) is 13.7 Å². The van der Waals surface area contributed by atoms with Gasteiger partial charge in [0, 0.05) is 7.11 Å². The Morgan fingerprint density at radius 2 is 1.77 bits per heavy atom. The van der Waals surface area contributed by atoms with E-state index in [0.717, 1.165) is 4.31 Å². The summed E-state index contributed by atoms with van der Waals surface area (Å²) < 4.78 is 30.0. The number of methoxy groups -OCH3 is 1. The smallest absolute Gasteiger partial charge is 0.276 e. The second kappa shape index (κ2) is 6.04. The summed E-state index contributed by atoms with van der Waals surface area (Å²) in [5, 5.41) is 0.0358. The first-order valence-corrected chi connectivity index (χ1v) is 9.24. The molecule has 0 bridgehead atoms. The molecule has 0 N–H and O–H groups in total. The predicted octanol–water partition coefficient (Wildman–Crippen LogP) is 4.06. The van der Waals surface area contributed by atoms with Crippen molar-refractivity contribution in [2.75, 3.05) is 17.3 Å². The summed E-state index contributed by atoms with van der Waals surface area (Å²) in [6.45, 7) is 1.43. The molecular formula is C13H13Cl4NO3S. The van der Waals surface area contributed by atoms with Gasteiger partial charge in [-0.15, -0.1) is 11.6 Å². The Hall–Kier alpha value is -0.170. The van der Waals surface area contributed by atoms with E-state index in [1.165, 1.54) is 14.0 Å².